The van der Waals surface area contributed by atoms with Gasteiger partial charge in [-0.25, -0.2) is 9.60 Å². The topological polar surface area (TPSA) is 75.8 Å². The highest BCUT2D eigenvalue weighted by Gasteiger charge is 2.18. The van der Waals surface area contributed by atoms with E-state index in [-0.39, 0.29) is 13.2 Å². The molecule has 2 aromatic carbocycles. The van der Waals surface area contributed by atoms with E-state index in [0.29, 0.717) is 24.0 Å². The molecular weight excluding hydrogens is 341 g/mol. The molecule has 0 aromatic heterocycles. The lowest BCUT2D eigenvalue weighted by atomic mass is 9.97. The number of hydrogen-bond donors (Lipinski definition) is 1. The highest BCUT2D eigenvalue weighted by atomic mass is 19.1. The van der Waals surface area contributed by atoms with Gasteiger partial charge in [-0.1, -0.05) is 42.5 Å². The molecular formula is C19H21FNO5+. The van der Waals surface area contributed by atoms with Crippen molar-refractivity contribution >= 4 is 5.97 Å². The smallest absolute Gasteiger partial charge is 0.465 e. The van der Waals surface area contributed by atoms with Gasteiger partial charge in [-0.05, 0) is 37.0 Å². The first-order chi connectivity index (χ1) is 12.5. The molecule has 2 rings (SSSR count). The molecule has 0 spiro atoms. The second-order valence-corrected chi connectivity index (χ2v) is 5.77. The molecule has 0 saturated heterocycles. The molecule has 0 aliphatic heterocycles. The van der Waals surface area contributed by atoms with Crippen LogP contribution in [0.1, 0.15) is 31.2 Å². The van der Waals surface area contributed by atoms with Crippen LogP contribution in [-0.2, 0) is 14.4 Å². The van der Waals surface area contributed by atoms with Crippen LogP contribution in [0.15, 0.2) is 48.5 Å². The monoisotopic (exact) mass is 362 g/mol. The SMILES string of the molecule is CC(C(=O)OCCCCO[N+](=O)O)c1ccc(-c2ccccc2)c(F)c1. The van der Waals surface area contributed by atoms with Crippen LogP contribution in [0.25, 0.3) is 11.1 Å². The Labute approximate surface area is 150 Å². The summed E-state index contributed by atoms with van der Waals surface area (Å²) in [5.41, 5.74) is 1.79. The van der Waals surface area contributed by atoms with Crippen molar-refractivity contribution in [1.82, 2.24) is 0 Å². The Balaban J connectivity index is 1.88. The summed E-state index contributed by atoms with van der Waals surface area (Å²) >= 11 is 0. The molecule has 0 fully saturated rings. The zero-order chi connectivity index (χ0) is 18.9. The molecule has 1 atom stereocenters. The lowest BCUT2D eigenvalue weighted by Gasteiger charge is -2.13. The number of esters is 1. The van der Waals surface area contributed by atoms with E-state index in [1.165, 1.54) is 6.07 Å². The molecule has 138 valence electrons. The second kappa shape index (κ2) is 9.50. The summed E-state index contributed by atoms with van der Waals surface area (Å²) in [7, 11) is 0. The van der Waals surface area contributed by atoms with Gasteiger partial charge in [0.05, 0.1) is 12.5 Å². The maximum atomic E-state index is 14.4. The van der Waals surface area contributed by atoms with Gasteiger partial charge in [0.1, 0.15) is 10.7 Å². The predicted molar refractivity (Wildman–Crippen MR) is 91.8 cm³/mol. The summed E-state index contributed by atoms with van der Waals surface area (Å²) in [4.78, 5) is 26.5. The summed E-state index contributed by atoms with van der Waals surface area (Å²) < 4.78 is 19.5. The van der Waals surface area contributed by atoms with Gasteiger partial charge >= 0.3 is 11.1 Å². The number of rotatable bonds is 9. The first kappa shape index (κ1) is 19.4. The van der Waals surface area contributed by atoms with Crippen molar-refractivity contribution in [3.63, 3.8) is 0 Å². The van der Waals surface area contributed by atoms with E-state index in [4.69, 9.17) is 9.94 Å². The van der Waals surface area contributed by atoms with Crippen LogP contribution in [0.4, 0.5) is 4.39 Å². The van der Waals surface area contributed by atoms with Crippen molar-refractivity contribution in [1.29, 1.82) is 0 Å². The van der Waals surface area contributed by atoms with Gasteiger partial charge < -0.3 is 4.74 Å². The fourth-order valence-electron chi connectivity index (χ4n) is 2.43. The molecule has 26 heavy (non-hydrogen) atoms. The first-order valence-corrected chi connectivity index (χ1v) is 8.29. The number of halogens is 1. The molecule has 0 amide bonds. The second-order valence-electron chi connectivity index (χ2n) is 5.77. The number of unbranched alkanes of at least 4 members (excludes halogenated alkanes) is 1. The van der Waals surface area contributed by atoms with Crippen LogP contribution in [-0.4, -0.2) is 29.5 Å². The van der Waals surface area contributed by atoms with Crippen LogP contribution >= 0.6 is 0 Å². The quantitative estimate of drug-likeness (QED) is 0.414. The Morgan fingerprint density at radius 1 is 1.15 bits per heavy atom. The number of benzene rings is 2. The largest absolute Gasteiger partial charge is 0.475 e. The van der Waals surface area contributed by atoms with Gasteiger partial charge in [0.15, 0.2) is 6.61 Å². The van der Waals surface area contributed by atoms with E-state index in [1.54, 1.807) is 19.1 Å². The summed E-state index contributed by atoms with van der Waals surface area (Å²) in [5.74, 6) is -1.44. The first-order valence-electron chi connectivity index (χ1n) is 8.29. The van der Waals surface area contributed by atoms with Crippen molar-refractivity contribution in [3.8, 4) is 11.1 Å². The van der Waals surface area contributed by atoms with Gasteiger partial charge in [-0.3, -0.25) is 4.79 Å². The molecule has 0 aliphatic rings. The van der Waals surface area contributed by atoms with Gasteiger partial charge in [-0.15, -0.1) is 0 Å². The fourth-order valence-corrected chi connectivity index (χ4v) is 2.43. The van der Waals surface area contributed by atoms with E-state index < -0.39 is 22.8 Å². The molecule has 0 radical (unpaired) electrons. The van der Waals surface area contributed by atoms with Crippen molar-refractivity contribution in [2.45, 2.75) is 25.7 Å². The molecule has 0 heterocycles. The van der Waals surface area contributed by atoms with Crippen molar-refractivity contribution in [2.75, 3.05) is 13.2 Å². The van der Waals surface area contributed by atoms with Gasteiger partial charge in [0.2, 0.25) is 0 Å². The van der Waals surface area contributed by atoms with Gasteiger partial charge in [-0.2, -0.15) is 4.84 Å². The Kier molecular flexibility index (Phi) is 7.08. The zero-order valence-electron chi connectivity index (χ0n) is 14.4. The van der Waals surface area contributed by atoms with E-state index >= 15 is 0 Å². The minimum atomic E-state index is -0.609. The van der Waals surface area contributed by atoms with Crippen LogP contribution in [0.5, 0.6) is 0 Å². The van der Waals surface area contributed by atoms with Gasteiger partial charge in [0.25, 0.3) is 0 Å². The zero-order valence-corrected chi connectivity index (χ0v) is 14.4. The number of ether oxygens (including phenoxy) is 1. The number of carbonyl (C=O) groups is 1. The van der Waals surface area contributed by atoms with Crippen molar-refractivity contribution in [2.24, 2.45) is 0 Å². The predicted octanol–water partition coefficient (Wildman–Crippen LogP) is 4.02. The minimum absolute atomic E-state index is 0.0270. The maximum Gasteiger partial charge on any atom is 0.475 e. The highest BCUT2D eigenvalue weighted by molar-refractivity contribution is 5.78. The Morgan fingerprint density at radius 3 is 2.50 bits per heavy atom. The van der Waals surface area contributed by atoms with Gasteiger partial charge in [0, 0.05) is 5.56 Å². The molecule has 0 aliphatic carbocycles. The van der Waals surface area contributed by atoms with E-state index in [2.05, 4.69) is 4.84 Å². The Hall–Kier alpha value is -2.96. The summed E-state index contributed by atoms with van der Waals surface area (Å²) in [6.45, 7) is 1.84. The van der Waals surface area contributed by atoms with E-state index in [1.807, 2.05) is 30.3 Å². The maximum absolute atomic E-state index is 14.4. The molecule has 7 heteroatoms. The summed E-state index contributed by atoms with van der Waals surface area (Å²) in [5, 5.41) is 7.64. The number of nitrogens with zero attached hydrogens (tertiary/aromatic N) is 1. The average molecular weight is 362 g/mol. The lowest BCUT2D eigenvalue weighted by molar-refractivity contribution is -0.975. The van der Waals surface area contributed by atoms with E-state index in [0.717, 1.165) is 5.56 Å². The van der Waals surface area contributed by atoms with Crippen molar-refractivity contribution in [3.05, 3.63) is 64.8 Å². The van der Waals surface area contributed by atoms with Crippen LogP contribution in [0.2, 0.25) is 0 Å². The molecule has 0 saturated carbocycles. The average Bonchev–Trinajstić information content (AvgIpc) is 2.64. The van der Waals surface area contributed by atoms with Crippen LogP contribution in [0.3, 0.4) is 0 Å². The lowest BCUT2D eigenvalue weighted by Crippen LogP contribution is -2.14. The Morgan fingerprint density at radius 2 is 1.85 bits per heavy atom. The van der Waals surface area contributed by atoms with E-state index in [9.17, 15) is 14.1 Å². The molecule has 1 unspecified atom stereocenters. The molecule has 0 bridgehead atoms. The minimum Gasteiger partial charge on any atom is -0.465 e. The molecule has 6 nitrogen and oxygen atoms in total. The summed E-state index contributed by atoms with van der Waals surface area (Å²) in [6, 6.07) is 13.9. The third-order valence-electron chi connectivity index (χ3n) is 3.92. The van der Waals surface area contributed by atoms with Crippen LogP contribution < -0.4 is 0 Å². The third kappa shape index (κ3) is 5.54. The normalized spacial score (nSPS) is 11.6. The molecule has 2 aromatic rings. The standard InChI is InChI=1S/C19H21FNO5/c1-14(19(22)25-11-5-6-12-26-21(23)24)16-9-10-17(18(20)13-16)15-7-3-2-4-8-15/h2-4,7-10,13-14H,5-6,11-12H2,1H3,(H,23,24)/q+1. The number of hydrogen-bond acceptors (Lipinski definition) is 4. The Bertz CT molecular complexity index is 751. The number of carbonyl (C=O) groups excluding carboxylic acids is 1. The fraction of sp³-hybridized carbons (Fsp3) is 0.316. The van der Waals surface area contributed by atoms with Crippen LogP contribution in [0, 0.1) is 10.7 Å². The molecule has 1 N–H and O–H groups in total. The third-order valence-corrected chi connectivity index (χ3v) is 3.92. The highest BCUT2D eigenvalue weighted by Crippen LogP contribution is 2.26. The van der Waals surface area contributed by atoms with Crippen molar-refractivity contribution < 1.29 is 29.1 Å². The summed E-state index contributed by atoms with van der Waals surface area (Å²) in [6.07, 6.45) is 0.926.